The minimum atomic E-state index is -0.206. The molecule has 0 aliphatic heterocycles. The Kier molecular flexibility index (Phi) is 6.74. The molecule has 6 heteroatoms. The van der Waals surface area contributed by atoms with Crippen LogP contribution in [-0.4, -0.2) is 30.9 Å². The number of carbonyl (C=O) groups is 1. The zero-order chi connectivity index (χ0) is 23.2. The molecule has 1 N–H and O–H groups in total. The van der Waals surface area contributed by atoms with Gasteiger partial charge in [0.1, 0.15) is 0 Å². The van der Waals surface area contributed by atoms with Crippen LogP contribution < -0.4 is 14.9 Å². The number of ether oxygens (including phenoxy) is 2. The van der Waals surface area contributed by atoms with E-state index in [2.05, 4.69) is 64.6 Å². The van der Waals surface area contributed by atoms with E-state index >= 15 is 0 Å². The lowest BCUT2D eigenvalue weighted by molar-refractivity contribution is -0.120. The molecular formula is C27H27N3O3. The molecule has 1 amide bonds. The fourth-order valence-electron chi connectivity index (χ4n) is 3.87. The Balaban J connectivity index is 1.48. The Morgan fingerprint density at radius 1 is 1.00 bits per heavy atom. The number of hydrogen-bond acceptors (Lipinski definition) is 4. The fraction of sp³-hybridized carbons (Fsp3) is 0.185. The molecule has 0 atom stereocenters. The fourth-order valence-corrected chi connectivity index (χ4v) is 3.87. The molecule has 0 saturated carbocycles. The largest absolute Gasteiger partial charge is 0.493 e. The lowest BCUT2D eigenvalue weighted by Gasteiger charge is -2.09. The number of aryl methyl sites for hydroxylation is 1. The highest BCUT2D eigenvalue weighted by Crippen LogP contribution is 2.27. The lowest BCUT2D eigenvalue weighted by Crippen LogP contribution is -2.19. The van der Waals surface area contributed by atoms with Crippen LogP contribution in [0.2, 0.25) is 0 Å². The maximum absolute atomic E-state index is 12.4. The zero-order valence-electron chi connectivity index (χ0n) is 19.0. The van der Waals surface area contributed by atoms with Gasteiger partial charge in [-0.3, -0.25) is 4.79 Å². The molecule has 4 aromatic rings. The van der Waals surface area contributed by atoms with Gasteiger partial charge in [0, 0.05) is 29.2 Å². The Morgan fingerprint density at radius 2 is 1.76 bits per heavy atom. The summed E-state index contributed by atoms with van der Waals surface area (Å²) < 4.78 is 12.8. The summed E-state index contributed by atoms with van der Waals surface area (Å²) in [5.41, 5.74) is 8.04. The van der Waals surface area contributed by atoms with E-state index in [1.807, 2.05) is 18.2 Å². The molecule has 0 bridgehead atoms. The molecular weight excluding hydrogens is 414 g/mol. The highest BCUT2D eigenvalue weighted by molar-refractivity contribution is 5.99. The van der Waals surface area contributed by atoms with Crippen molar-refractivity contribution < 1.29 is 14.3 Å². The average molecular weight is 442 g/mol. The van der Waals surface area contributed by atoms with E-state index in [-0.39, 0.29) is 12.3 Å². The molecule has 0 radical (unpaired) electrons. The van der Waals surface area contributed by atoms with Gasteiger partial charge in [0.15, 0.2) is 11.5 Å². The Hall–Kier alpha value is -4.06. The number of rotatable bonds is 8. The summed E-state index contributed by atoms with van der Waals surface area (Å²) >= 11 is 0. The minimum Gasteiger partial charge on any atom is -0.493 e. The van der Waals surface area contributed by atoms with Crippen molar-refractivity contribution in [2.24, 2.45) is 5.10 Å². The maximum Gasteiger partial charge on any atom is 0.244 e. The normalized spacial score (nSPS) is 11.1. The predicted molar refractivity (Wildman–Crippen MR) is 131 cm³/mol. The first-order valence-corrected chi connectivity index (χ1v) is 10.7. The topological polar surface area (TPSA) is 64.8 Å². The summed E-state index contributed by atoms with van der Waals surface area (Å²) in [5.74, 6) is 1.01. The molecule has 168 valence electrons. The van der Waals surface area contributed by atoms with E-state index in [1.54, 1.807) is 32.6 Å². The van der Waals surface area contributed by atoms with E-state index in [4.69, 9.17) is 9.47 Å². The third-order valence-corrected chi connectivity index (χ3v) is 5.63. The van der Waals surface area contributed by atoms with Crippen molar-refractivity contribution in [1.82, 2.24) is 9.99 Å². The molecule has 1 aromatic heterocycles. The highest BCUT2D eigenvalue weighted by atomic mass is 16.5. The Morgan fingerprint density at radius 3 is 2.55 bits per heavy atom. The monoisotopic (exact) mass is 441 g/mol. The summed E-state index contributed by atoms with van der Waals surface area (Å²) in [6.07, 6.45) is 3.96. The van der Waals surface area contributed by atoms with Crippen molar-refractivity contribution >= 4 is 23.0 Å². The zero-order valence-corrected chi connectivity index (χ0v) is 19.0. The van der Waals surface area contributed by atoms with Crippen LogP contribution in [-0.2, 0) is 17.8 Å². The van der Waals surface area contributed by atoms with Crippen LogP contribution in [0.1, 0.15) is 22.3 Å². The van der Waals surface area contributed by atoms with E-state index in [0.29, 0.717) is 11.5 Å². The molecule has 0 unspecified atom stereocenters. The van der Waals surface area contributed by atoms with Crippen LogP contribution in [0.25, 0.3) is 10.9 Å². The van der Waals surface area contributed by atoms with Crippen LogP contribution >= 0.6 is 0 Å². The lowest BCUT2D eigenvalue weighted by atomic mass is 10.1. The van der Waals surface area contributed by atoms with Gasteiger partial charge in [-0.1, -0.05) is 48.5 Å². The quantitative estimate of drug-likeness (QED) is 0.318. The smallest absolute Gasteiger partial charge is 0.244 e. The van der Waals surface area contributed by atoms with Crippen LogP contribution in [0.3, 0.4) is 0 Å². The summed E-state index contributed by atoms with van der Waals surface area (Å²) in [7, 11) is 3.15. The van der Waals surface area contributed by atoms with Gasteiger partial charge in [-0.25, -0.2) is 5.43 Å². The van der Waals surface area contributed by atoms with E-state index in [9.17, 15) is 4.79 Å². The highest BCUT2D eigenvalue weighted by Gasteiger charge is 2.10. The molecule has 4 rings (SSSR count). The average Bonchev–Trinajstić information content (AvgIpc) is 3.18. The van der Waals surface area contributed by atoms with Gasteiger partial charge < -0.3 is 14.0 Å². The molecule has 6 nitrogen and oxygen atoms in total. The minimum absolute atomic E-state index is 0.187. The number of benzene rings is 3. The van der Waals surface area contributed by atoms with Gasteiger partial charge in [0.05, 0.1) is 26.9 Å². The second kappa shape index (κ2) is 10.0. The summed E-state index contributed by atoms with van der Waals surface area (Å²) in [5, 5.41) is 5.30. The molecule has 0 spiro atoms. The van der Waals surface area contributed by atoms with Crippen molar-refractivity contribution in [3.63, 3.8) is 0 Å². The SMILES string of the molecule is COc1ccc(CC(=O)N/N=C/c2cn(Cc3ccccc3C)c3ccccc23)cc1OC. The standard InChI is InChI=1S/C27H27N3O3/c1-19-8-4-5-9-21(19)17-30-18-22(23-10-6-7-11-24(23)30)16-28-29-27(31)15-20-12-13-25(32-2)26(14-20)33-3/h4-14,16,18H,15,17H2,1-3H3,(H,29,31)/b28-16+. The molecule has 0 aliphatic rings. The first-order chi connectivity index (χ1) is 16.1. The number of nitrogens with zero attached hydrogens (tertiary/aromatic N) is 2. The van der Waals surface area contributed by atoms with Crippen molar-refractivity contribution in [3.8, 4) is 11.5 Å². The van der Waals surface area contributed by atoms with Gasteiger partial charge in [-0.05, 0) is 41.8 Å². The summed E-state index contributed by atoms with van der Waals surface area (Å²) in [6, 6.07) is 22.0. The maximum atomic E-state index is 12.4. The van der Waals surface area contributed by atoms with Crippen molar-refractivity contribution in [1.29, 1.82) is 0 Å². The number of para-hydroxylation sites is 1. The molecule has 0 aliphatic carbocycles. The number of amides is 1. The van der Waals surface area contributed by atoms with Crippen LogP contribution in [0.5, 0.6) is 11.5 Å². The van der Waals surface area contributed by atoms with Crippen molar-refractivity contribution in [3.05, 3.63) is 95.2 Å². The third-order valence-electron chi connectivity index (χ3n) is 5.63. The van der Waals surface area contributed by atoms with Gasteiger partial charge in [0.25, 0.3) is 0 Å². The van der Waals surface area contributed by atoms with Crippen LogP contribution in [0.15, 0.2) is 78.0 Å². The predicted octanol–water partition coefficient (Wildman–Crippen LogP) is 4.71. The van der Waals surface area contributed by atoms with E-state index < -0.39 is 0 Å². The van der Waals surface area contributed by atoms with E-state index in [1.165, 1.54) is 11.1 Å². The number of nitrogens with one attached hydrogen (secondary N) is 1. The van der Waals surface area contributed by atoms with Gasteiger partial charge in [-0.15, -0.1) is 0 Å². The number of aromatic nitrogens is 1. The number of hydrogen-bond donors (Lipinski definition) is 1. The Bertz CT molecular complexity index is 1310. The van der Waals surface area contributed by atoms with Gasteiger partial charge in [0.2, 0.25) is 5.91 Å². The van der Waals surface area contributed by atoms with Crippen LogP contribution in [0.4, 0.5) is 0 Å². The molecule has 33 heavy (non-hydrogen) atoms. The first kappa shape index (κ1) is 22.1. The van der Waals surface area contributed by atoms with Crippen LogP contribution in [0, 0.1) is 6.92 Å². The third kappa shape index (κ3) is 5.06. The molecule has 3 aromatic carbocycles. The summed E-state index contributed by atoms with van der Waals surface area (Å²) in [6.45, 7) is 2.89. The molecule has 0 fully saturated rings. The van der Waals surface area contributed by atoms with E-state index in [0.717, 1.165) is 28.6 Å². The summed E-state index contributed by atoms with van der Waals surface area (Å²) in [4.78, 5) is 12.4. The van der Waals surface area contributed by atoms with Crippen molar-refractivity contribution in [2.75, 3.05) is 14.2 Å². The number of methoxy groups -OCH3 is 2. The van der Waals surface area contributed by atoms with Crippen molar-refractivity contribution in [2.45, 2.75) is 19.9 Å². The second-order valence-corrected chi connectivity index (χ2v) is 7.82. The Labute approximate surface area is 193 Å². The van der Waals surface area contributed by atoms with Gasteiger partial charge in [-0.2, -0.15) is 5.10 Å². The number of carbonyl (C=O) groups excluding carboxylic acids is 1. The number of fused-ring (bicyclic) bond motifs is 1. The molecule has 1 heterocycles. The second-order valence-electron chi connectivity index (χ2n) is 7.82. The first-order valence-electron chi connectivity index (χ1n) is 10.7. The molecule has 0 saturated heterocycles. The number of hydrazone groups is 1. The van der Waals surface area contributed by atoms with Gasteiger partial charge >= 0.3 is 0 Å².